The highest BCUT2D eigenvalue weighted by Gasteiger charge is 2.18. The Morgan fingerprint density at radius 1 is 1.25 bits per heavy atom. The van der Waals surface area contributed by atoms with Crippen molar-refractivity contribution in [1.82, 2.24) is 0 Å². The summed E-state index contributed by atoms with van der Waals surface area (Å²) in [5.41, 5.74) is 0.590. The van der Waals surface area contributed by atoms with Gasteiger partial charge in [0.15, 0.2) is 6.29 Å². The van der Waals surface area contributed by atoms with Crippen LogP contribution in [0.15, 0.2) is 18.2 Å². The van der Waals surface area contributed by atoms with Crippen molar-refractivity contribution in [2.24, 2.45) is 0 Å². The smallest absolute Gasteiger partial charge is 0.283 e. The molecule has 0 atom stereocenters. The molecule has 0 spiro atoms. The average Bonchev–Trinajstić information content (AvgIpc) is 2.41. The lowest BCUT2D eigenvalue weighted by atomic mass is 10.0. The molecule has 0 bridgehead atoms. The quantitative estimate of drug-likeness (QED) is 0.229. The number of nitro benzene ring substituents is 1. The van der Waals surface area contributed by atoms with E-state index in [4.69, 9.17) is 11.6 Å². The van der Waals surface area contributed by atoms with Gasteiger partial charge in [-0.05, 0) is 36.9 Å². The van der Waals surface area contributed by atoms with E-state index in [-0.39, 0.29) is 16.5 Å². The summed E-state index contributed by atoms with van der Waals surface area (Å²) >= 11 is 5.23. The van der Waals surface area contributed by atoms with Gasteiger partial charge in [0, 0.05) is 12.0 Å². The first-order chi connectivity index (χ1) is 9.56. The van der Waals surface area contributed by atoms with Crippen LogP contribution in [0.5, 0.6) is 0 Å². The Morgan fingerprint density at radius 3 is 2.55 bits per heavy atom. The first kappa shape index (κ1) is 16.3. The molecule has 0 aliphatic heterocycles. The third kappa shape index (κ3) is 5.09. The lowest BCUT2D eigenvalue weighted by Crippen LogP contribution is -2.00. The summed E-state index contributed by atoms with van der Waals surface area (Å²) < 4.78 is 0. The van der Waals surface area contributed by atoms with Crippen molar-refractivity contribution in [3.63, 3.8) is 0 Å². The van der Waals surface area contributed by atoms with Crippen molar-refractivity contribution >= 4 is 28.8 Å². The van der Waals surface area contributed by atoms with Crippen LogP contribution in [0.25, 0.3) is 0 Å². The molecular formula is C14H16ClNO4. The monoisotopic (exact) mass is 297 g/mol. The van der Waals surface area contributed by atoms with E-state index in [2.05, 4.69) is 0 Å². The van der Waals surface area contributed by atoms with Crippen LogP contribution in [0, 0.1) is 10.1 Å². The highest BCUT2D eigenvalue weighted by molar-refractivity contribution is 6.63. The number of carbonyl (C=O) groups excluding carboxylic acids is 2. The molecular weight excluding hydrogens is 282 g/mol. The molecule has 0 aliphatic carbocycles. The Kier molecular flexibility index (Phi) is 6.87. The fourth-order valence-corrected chi connectivity index (χ4v) is 2.20. The van der Waals surface area contributed by atoms with Crippen LogP contribution >= 0.6 is 11.6 Å². The Bertz CT molecular complexity index is 502. The summed E-state index contributed by atoms with van der Waals surface area (Å²) in [4.78, 5) is 31.9. The number of aryl methyl sites for hydroxylation is 1. The van der Waals surface area contributed by atoms with Crippen molar-refractivity contribution < 1.29 is 14.5 Å². The molecule has 0 radical (unpaired) electrons. The van der Waals surface area contributed by atoms with Gasteiger partial charge >= 0.3 is 0 Å². The highest BCUT2D eigenvalue weighted by Crippen LogP contribution is 2.24. The van der Waals surface area contributed by atoms with Crippen LogP contribution in [-0.2, 0) is 11.2 Å². The number of benzene rings is 1. The number of nitro groups is 1. The molecule has 0 amide bonds. The summed E-state index contributed by atoms with van der Waals surface area (Å²) in [6.07, 6.45) is 4.66. The van der Waals surface area contributed by atoms with Crippen molar-refractivity contribution in [2.45, 2.75) is 38.5 Å². The lowest BCUT2D eigenvalue weighted by Gasteiger charge is -2.04. The minimum atomic E-state index is -0.509. The molecule has 0 N–H and O–H groups in total. The van der Waals surface area contributed by atoms with Gasteiger partial charge in [-0.3, -0.25) is 19.7 Å². The van der Waals surface area contributed by atoms with Crippen LogP contribution < -0.4 is 0 Å². The van der Waals surface area contributed by atoms with Crippen LogP contribution in [-0.4, -0.2) is 16.5 Å². The Morgan fingerprint density at radius 2 is 1.95 bits per heavy atom. The van der Waals surface area contributed by atoms with Crippen LogP contribution in [0.3, 0.4) is 0 Å². The second-order valence-electron chi connectivity index (χ2n) is 4.50. The van der Waals surface area contributed by atoms with Gasteiger partial charge < -0.3 is 0 Å². The molecule has 1 aromatic carbocycles. The van der Waals surface area contributed by atoms with Gasteiger partial charge in [0.25, 0.3) is 5.69 Å². The third-order valence-corrected chi connectivity index (χ3v) is 3.22. The SMILES string of the molecule is O=Cc1cccc(CCCCCCC(=O)Cl)c1[N+](=O)[O-]. The number of hydrogen-bond donors (Lipinski definition) is 0. The molecule has 0 heterocycles. The van der Waals surface area contributed by atoms with Gasteiger partial charge in [0.2, 0.25) is 5.24 Å². The normalized spacial score (nSPS) is 10.2. The molecule has 0 unspecified atom stereocenters. The van der Waals surface area contributed by atoms with Crippen molar-refractivity contribution in [3.05, 3.63) is 39.4 Å². The van der Waals surface area contributed by atoms with E-state index in [1.165, 1.54) is 6.07 Å². The predicted molar refractivity (Wildman–Crippen MR) is 76.1 cm³/mol. The minimum Gasteiger partial charge on any atom is -0.298 e. The largest absolute Gasteiger partial charge is 0.298 e. The number of rotatable bonds is 9. The molecule has 1 rings (SSSR count). The van der Waals surface area contributed by atoms with E-state index in [9.17, 15) is 19.7 Å². The predicted octanol–water partition coefficient (Wildman–Crippen LogP) is 3.67. The van der Waals surface area contributed by atoms with Crippen LogP contribution in [0.4, 0.5) is 5.69 Å². The zero-order valence-corrected chi connectivity index (χ0v) is 11.8. The molecule has 108 valence electrons. The maximum absolute atomic E-state index is 11.0. The van der Waals surface area contributed by atoms with E-state index in [1.807, 2.05) is 0 Å². The Balaban J connectivity index is 2.53. The molecule has 6 heteroatoms. The summed E-state index contributed by atoms with van der Waals surface area (Å²) in [7, 11) is 0. The van der Waals surface area contributed by atoms with E-state index in [0.717, 1.165) is 25.7 Å². The van der Waals surface area contributed by atoms with E-state index < -0.39 is 4.92 Å². The van der Waals surface area contributed by atoms with E-state index in [0.29, 0.717) is 24.7 Å². The Labute approximate surface area is 122 Å². The number of nitrogens with zero attached hydrogens (tertiary/aromatic N) is 1. The number of unbranched alkanes of at least 4 members (excludes halogenated alkanes) is 3. The standard InChI is InChI=1S/C14H16ClNO4/c15-13(18)9-4-2-1-3-6-11-7-5-8-12(10-17)14(11)16(19)20/h5,7-8,10H,1-4,6,9H2. The lowest BCUT2D eigenvalue weighted by molar-refractivity contribution is -0.385. The first-order valence-corrected chi connectivity index (χ1v) is 6.84. The fourth-order valence-electron chi connectivity index (χ4n) is 2.06. The molecule has 0 aliphatic rings. The van der Waals surface area contributed by atoms with Crippen molar-refractivity contribution in [2.75, 3.05) is 0 Å². The van der Waals surface area contributed by atoms with E-state index >= 15 is 0 Å². The third-order valence-electron chi connectivity index (χ3n) is 3.03. The second-order valence-corrected chi connectivity index (χ2v) is 4.92. The number of hydrogen-bond acceptors (Lipinski definition) is 4. The second kappa shape index (κ2) is 8.43. The maximum atomic E-state index is 11.0. The maximum Gasteiger partial charge on any atom is 0.283 e. The number of carbonyl (C=O) groups is 2. The topological polar surface area (TPSA) is 77.3 Å². The van der Waals surface area contributed by atoms with Gasteiger partial charge in [-0.25, -0.2) is 0 Å². The summed E-state index contributed by atoms with van der Waals surface area (Å²) in [5.74, 6) is 0. The summed E-state index contributed by atoms with van der Waals surface area (Å²) in [6, 6.07) is 4.77. The summed E-state index contributed by atoms with van der Waals surface area (Å²) in [5, 5.41) is 10.7. The molecule has 0 saturated heterocycles. The number of para-hydroxylation sites is 1. The van der Waals surface area contributed by atoms with Crippen LogP contribution in [0.2, 0.25) is 0 Å². The molecule has 20 heavy (non-hydrogen) atoms. The molecule has 0 aromatic heterocycles. The van der Waals surface area contributed by atoms with Gasteiger partial charge in [0.05, 0.1) is 10.5 Å². The van der Waals surface area contributed by atoms with Gasteiger partial charge in [0.1, 0.15) is 0 Å². The first-order valence-electron chi connectivity index (χ1n) is 6.46. The number of halogens is 1. The zero-order valence-electron chi connectivity index (χ0n) is 11.0. The minimum absolute atomic E-state index is 0.0987. The average molecular weight is 298 g/mol. The van der Waals surface area contributed by atoms with Gasteiger partial charge in [-0.1, -0.05) is 25.0 Å². The summed E-state index contributed by atoms with van der Waals surface area (Å²) in [6.45, 7) is 0. The molecule has 1 aromatic rings. The van der Waals surface area contributed by atoms with Crippen LogP contribution in [0.1, 0.15) is 48.0 Å². The van der Waals surface area contributed by atoms with Crippen molar-refractivity contribution in [1.29, 1.82) is 0 Å². The number of aldehydes is 1. The highest BCUT2D eigenvalue weighted by atomic mass is 35.5. The fraction of sp³-hybridized carbons (Fsp3) is 0.429. The zero-order chi connectivity index (χ0) is 15.0. The Hall–Kier alpha value is -1.75. The van der Waals surface area contributed by atoms with E-state index in [1.54, 1.807) is 12.1 Å². The van der Waals surface area contributed by atoms with Gasteiger partial charge in [-0.2, -0.15) is 0 Å². The van der Waals surface area contributed by atoms with Crippen molar-refractivity contribution in [3.8, 4) is 0 Å². The molecule has 0 fully saturated rings. The molecule has 5 nitrogen and oxygen atoms in total. The molecule has 0 saturated carbocycles. The van der Waals surface area contributed by atoms with Gasteiger partial charge in [-0.15, -0.1) is 0 Å².